The first-order chi connectivity index (χ1) is 9.04. The van der Waals surface area contributed by atoms with E-state index < -0.39 is 12.7 Å². The van der Waals surface area contributed by atoms with Crippen LogP contribution in [0.4, 0.5) is 8.78 Å². The first-order valence-electron chi connectivity index (χ1n) is 6.04. The third-order valence-corrected chi connectivity index (χ3v) is 2.99. The van der Waals surface area contributed by atoms with Gasteiger partial charge in [-0.25, -0.2) is 0 Å². The molecule has 19 heavy (non-hydrogen) atoms. The number of carbonyl (C=O) groups excluding carboxylic acids is 1. The van der Waals surface area contributed by atoms with E-state index in [1.807, 2.05) is 0 Å². The van der Waals surface area contributed by atoms with E-state index in [4.69, 9.17) is 5.11 Å². The molecule has 0 saturated carbocycles. The molecule has 2 rings (SSSR count). The molecule has 1 aromatic carbocycles. The van der Waals surface area contributed by atoms with Crippen LogP contribution in [0.25, 0.3) is 0 Å². The van der Waals surface area contributed by atoms with Crippen molar-refractivity contribution in [3.8, 4) is 5.75 Å². The normalized spacial score (nSPS) is 15.5. The SMILES string of the molecule is O=C(CCc1ccc(OC(F)F)cc1)N1CC(O)C1. The molecule has 1 N–H and O–H groups in total. The molecule has 0 unspecified atom stereocenters. The predicted octanol–water partition coefficient (Wildman–Crippen LogP) is 1.42. The van der Waals surface area contributed by atoms with Gasteiger partial charge in [0.15, 0.2) is 0 Å². The molecular formula is C13H15F2NO3. The largest absolute Gasteiger partial charge is 0.435 e. The van der Waals surface area contributed by atoms with Gasteiger partial charge in [-0.15, -0.1) is 0 Å². The van der Waals surface area contributed by atoms with Gasteiger partial charge in [0.2, 0.25) is 5.91 Å². The van der Waals surface area contributed by atoms with Crippen LogP contribution in [0.15, 0.2) is 24.3 Å². The number of halogens is 2. The Morgan fingerprint density at radius 2 is 2.00 bits per heavy atom. The zero-order valence-electron chi connectivity index (χ0n) is 10.3. The average molecular weight is 271 g/mol. The van der Waals surface area contributed by atoms with Gasteiger partial charge in [-0.05, 0) is 24.1 Å². The van der Waals surface area contributed by atoms with Crippen molar-refractivity contribution < 1.29 is 23.4 Å². The van der Waals surface area contributed by atoms with E-state index in [9.17, 15) is 13.6 Å². The number of β-amino-alcohol motifs (C(OH)–C–C–N with tert-alkyl or cyclic N) is 1. The lowest BCUT2D eigenvalue weighted by atomic mass is 10.1. The van der Waals surface area contributed by atoms with Crippen molar-refractivity contribution in [3.05, 3.63) is 29.8 Å². The molecule has 0 radical (unpaired) electrons. The summed E-state index contributed by atoms with van der Waals surface area (Å²) in [7, 11) is 0. The number of ether oxygens (including phenoxy) is 1. The van der Waals surface area contributed by atoms with Gasteiger partial charge in [0.05, 0.1) is 6.10 Å². The Hall–Kier alpha value is -1.69. The predicted molar refractivity (Wildman–Crippen MR) is 64.0 cm³/mol. The number of rotatable bonds is 5. The van der Waals surface area contributed by atoms with Gasteiger partial charge in [-0.3, -0.25) is 4.79 Å². The Bertz CT molecular complexity index is 430. The van der Waals surface area contributed by atoms with E-state index >= 15 is 0 Å². The Morgan fingerprint density at radius 3 is 2.53 bits per heavy atom. The first kappa shape index (κ1) is 13.7. The van der Waals surface area contributed by atoms with Crippen LogP contribution in [0.3, 0.4) is 0 Å². The second-order valence-corrected chi connectivity index (χ2v) is 4.47. The highest BCUT2D eigenvalue weighted by atomic mass is 19.3. The van der Waals surface area contributed by atoms with Crippen LogP contribution in [0.2, 0.25) is 0 Å². The van der Waals surface area contributed by atoms with Crippen LogP contribution in [0.5, 0.6) is 5.75 Å². The van der Waals surface area contributed by atoms with E-state index in [-0.39, 0.29) is 11.7 Å². The molecule has 0 aromatic heterocycles. The molecule has 1 amide bonds. The van der Waals surface area contributed by atoms with Crippen LogP contribution >= 0.6 is 0 Å². The van der Waals surface area contributed by atoms with Crippen molar-refractivity contribution in [3.63, 3.8) is 0 Å². The lowest BCUT2D eigenvalue weighted by Gasteiger charge is -2.35. The highest BCUT2D eigenvalue weighted by Crippen LogP contribution is 2.17. The van der Waals surface area contributed by atoms with Gasteiger partial charge in [0, 0.05) is 19.5 Å². The van der Waals surface area contributed by atoms with Gasteiger partial charge in [-0.1, -0.05) is 12.1 Å². The van der Waals surface area contributed by atoms with E-state index in [1.165, 1.54) is 12.1 Å². The summed E-state index contributed by atoms with van der Waals surface area (Å²) in [5, 5.41) is 9.09. The number of aliphatic hydroxyl groups is 1. The molecule has 1 fully saturated rings. The fraction of sp³-hybridized carbons (Fsp3) is 0.462. The van der Waals surface area contributed by atoms with Gasteiger partial charge in [-0.2, -0.15) is 8.78 Å². The summed E-state index contributed by atoms with van der Waals surface area (Å²) < 4.78 is 28.1. The Labute approximate surface area is 109 Å². The number of alkyl halides is 2. The van der Waals surface area contributed by atoms with Crippen molar-refractivity contribution in [2.75, 3.05) is 13.1 Å². The zero-order chi connectivity index (χ0) is 13.8. The maximum atomic E-state index is 11.9. The smallest absolute Gasteiger partial charge is 0.387 e. The molecule has 6 heteroatoms. The summed E-state index contributed by atoms with van der Waals surface area (Å²) in [4.78, 5) is 13.2. The monoisotopic (exact) mass is 271 g/mol. The van der Waals surface area contributed by atoms with Crippen molar-refractivity contribution in [1.82, 2.24) is 4.90 Å². The molecule has 0 bridgehead atoms. The number of hydrogen-bond acceptors (Lipinski definition) is 3. The van der Waals surface area contributed by atoms with Crippen LogP contribution in [-0.2, 0) is 11.2 Å². The summed E-state index contributed by atoms with van der Waals surface area (Å²) in [5.41, 5.74) is 0.885. The summed E-state index contributed by atoms with van der Waals surface area (Å²) in [6.07, 6.45) is 0.497. The van der Waals surface area contributed by atoms with E-state index in [0.717, 1.165) is 5.56 Å². The number of hydrogen-bond donors (Lipinski definition) is 1. The Kier molecular flexibility index (Phi) is 4.31. The summed E-state index contributed by atoms with van der Waals surface area (Å²) in [6, 6.07) is 6.24. The summed E-state index contributed by atoms with van der Waals surface area (Å²) in [5.74, 6) is 0.106. The van der Waals surface area contributed by atoms with E-state index in [2.05, 4.69) is 4.74 Å². The van der Waals surface area contributed by atoms with Gasteiger partial charge in [0.25, 0.3) is 0 Å². The number of carbonyl (C=O) groups is 1. The summed E-state index contributed by atoms with van der Waals surface area (Å²) >= 11 is 0. The molecule has 4 nitrogen and oxygen atoms in total. The Balaban J connectivity index is 1.78. The number of nitrogens with zero attached hydrogens (tertiary/aromatic N) is 1. The molecule has 0 aliphatic carbocycles. The molecule has 1 heterocycles. The minimum atomic E-state index is -2.83. The highest BCUT2D eigenvalue weighted by molar-refractivity contribution is 5.77. The lowest BCUT2D eigenvalue weighted by Crippen LogP contribution is -2.53. The quantitative estimate of drug-likeness (QED) is 0.881. The zero-order valence-corrected chi connectivity index (χ0v) is 10.3. The summed E-state index contributed by atoms with van der Waals surface area (Å²) in [6.45, 7) is -2.02. The van der Waals surface area contributed by atoms with Crippen molar-refractivity contribution in [1.29, 1.82) is 0 Å². The van der Waals surface area contributed by atoms with Gasteiger partial charge < -0.3 is 14.7 Å². The standard InChI is InChI=1S/C13H15F2NO3/c14-13(15)19-11-4-1-9(2-5-11)3-6-12(18)16-7-10(17)8-16/h1-2,4-5,10,13,17H,3,6-8H2. The molecule has 0 spiro atoms. The third-order valence-electron chi connectivity index (χ3n) is 2.99. The molecular weight excluding hydrogens is 256 g/mol. The van der Waals surface area contributed by atoms with Crippen LogP contribution < -0.4 is 4.74 Å². The maximum Gasteiger partial charge on any atom is 0.387 e. The fourth-order valence-electron chi connectivity index (χ4n) is 1.91. The number of amides is 1. The van der Waals surface area contributed by atoms with Crippen LogP contribution in [0.1, 0.15) is 12.0 Å². The number of aryl methyl sites for hydroxylation is 1. The first-order valence-corrected chi connectivity index (χ1v) is 6.04. The number of benzene rings is 1. The van der Waals surface area contributed by atoms with Crippen molar-refractivity contribution in [2.45, 2.75) is 25.6 Å². The van der Waals surface area contributed by atoms with E-state index in [0.29, 0.717) is 25.9 Å². The average Bonchev–Trinajstić information content (AvgIpc) is 2.33. The minimum absolute atomic E-state index is 0.00166. The molecule has 1 saturated heterocycles. The lowest BCUT2D eigenvalue weighted by molar-refractivity contribution is -0.141. The van der Waals surface area contributed by atoms with Gasteiger partial charge >= 0.3 is 6.61 Å². The molecule has 0 atom stereocenters. The minimum Gasteiger partial charge on any atom is -0.435 e. The topological polar surface area (TPSA) is 49.8 Å². The Morgan fingerprint density at radius 1 is 1.37 bits per heavy atom. The van der Waals surface area contributed by atoms with Gasteiger partial charge in [0.1, 0.15) is 5.75 Å². The highest BCUT2D eigenvalue weighted by Gasteiger charge is 2.27. The van der Waals surface area contributed by atoms with Crippen molar-refractivity contribution >= 4 is 5.91 Å². The molecule has 104 valence electrons. The second kappa shape index (κ2) is 5.97. The van der Waals surface area contributed by atoms with Crippen LogP contribution in [-0.4, -0.2) is 41.7 Å². The molecule has 1 aromatic rings. The second-order valence-electron chi connectivity index (χ2n) is 4.47. The number of aliphatic hydroxyl groups excluding tert-OH is 1. The fourth-order valence-corrected chi connectivity index (χ4v) is 1.91. The maximum absolute atomic E-state index is 11.9. The van der Waals surface area contributed by atoms with Crippen molar-refractivity contribution in [2.24, 2.45) is 0 Å². The molecule has 1 aliphatic heterocycles. The third kappa shape index (κ3) is 3.89. The number of likely N-dealkylation sites (tertiary alicyclic amines) is 1. The van der Waals surface area contributed by atoms with Crippen LogP contribution in [0, 0.1) is 0 Å². The molecule has 1 aliphatic rings. The van der Waals surface area contributed by atoms with E-state index in [1.54, 1.807) is 17.0 Å².